The molecule has 1 amide bonds. The summed E-state index contributed by atoms with van der Waals surface area (Å²) < 4.78 is 36.8. The lowest BCUT2D eigenvalue weighted by atomic mass is 10.3. The predicted molar refractivity (Wildman–Crippen MR) is 54.3 cm³/mol. The van der Waals surface area contributed by atoms with Gasteiger partial charge < -0.3 is 4.90 Å². The van der Waals surface area contributed by atoms with Gasteiger partial charge in [-0.3, -0.25) is 4.79 Å². The number of thiazole rings is 1. The minimum Gasteiger partial charge on any atom is -0.326 e. The first kappa shape index (κ1) is 13.0. The monoisotopic (exact) mass is 252 g/mol. The summed E-state index contributed by atoms with van der Waals surface area (Å²) in [6.07, 6.45) is -4.39. The van der Waals surface area contributed by atoms with Crippen LogP contribution in [0.5, 0.6) is 0 Å². The lowest BCUT2D eigenvalue weighted by Crippen LogP contribution is -2.43. The van der Waals surface area contributed by atoms with Gasteiger partial charge in [0.05, 0.1) is 5.51 Å². The zero-order valence-corrected chi connectivity index (χ0v) is 9.60. The summed E-state index contributed by atoms with van der Waals surface area (Å²) in [7, 11) is 0. The van der Waals surface area contributed by atoms with E-state index in [9.17, 15) is 18.0 Å². The van der Waals surface area contributed by atoms with Crippen molar-refractivity contribution in [2.75, 3.05) is 6.54 Å². The van der Waals surface area contributed by atoms with E-state index < -0.39 is 24.7 Å². The Labute approximate surface area is 94.9 Å². The van der Waals surface area contributed by atoms with Crippen LogP contribution in [0.2, 0.25) is 0 Å². The van der Waals surface area contributed by atoms with Gasteiger partial charge >= 0.3 is 6.18 Å². The van der Waals surface area contributed by atoms with E-state index in [-0.39, 0.29) is 5.69 Å². The van der Waals surface area contributed by atoms with E-state index in [1.54, 1.807) is 0 Å². The van der Waals surface area contributed by atoms with Crippen LogP contribution in [0.4, 0.5) is 13.2 Å². The zero-order chi connectivity index (χ0) is 12.3. The Morgan fingerprint density at radius 1 is 1.56 bits per heavy atom. The quantitative estimate of drug-likeness (QED) is 0.828. The second-order valence-electron chi connectivity index (χ2n) is 3.52. The molecule has 1 aromatic heterocycles. The van der Waals surface area contributed by atoms with E-state index in [1.807, 2.05) is 0 Å². The summed E-state index contributed by atoms with van der Waals surface area (Å²) in [5, 5.41) is 1.44. The van der Waals surface area contributed by atoms with Crippen molar-refractivity contribution in [1.29, 1.82) is 0 Å². The third-order valence-corrected chi connectivity index (χ3v) is 2.47. The molecular formula is C9H11F3N2OS. The maximum atomic E-state index is 12.3. The number of aromatic nitrogens is 1. The van der Waals surface area contributed by atoms with Gasteiger partial charge in [0, 0.05) is 11.4 Å². The van der Waals surface area contributed by atoms with Crippen LogP contribution in [0.3, 0.4) is 0 Å². The molecule has 0 saturated heterocycles. The van der Waals surface area contributed by atoms with Crippen LogP contribution in [0.25, 0.3) is 0 Å². The number of halogens is 3. The minimum absolute atomic E-state index is 0.0583. The number of hydrogen-bond donors (Lipinski definition) is 0. The van der Waals surface area contributed by atoms with E-state index in [0.29, 0.717) is 0 Å². The summed E-state index contributed by atoms with van der Waals surface area (Å²) >= 11 is 1.18. The van der Waals surface area contributed by atoms with Gasteiger partial charge in [0.25, 0.3) is 5.91 Å². The van der Waals surface area contributed by atoms with E-state index in [0.717, 1.165) is 4.90 Å². The summed E-state index contributed by atoms with van der Waals surface area (Å²) in [5.74, 6) is -0.687. The number of carbonyl (C=O) groups is 1. The Hall–Kier alpha value is -1.11. The third kappa shape index (κ3) is 3.48. The van der Waals surface area contributed by atoms with Crippen LogP contribution in [0, 0.1) is 0 Å². The number of carbonyl (C=O) groups excluding carboxylic acids is 1. The number of nitrogens with zero attached hydrogens (tertiary/aromatic N) is 2. The van der Waals surface area contributed by atoms with Gasteiger partial charge in [-0.1, -0.05) is 0 Å². The van der Waals surface area contributed by atoms with Gasteiger partial charge in [-0.15, -0.1) is 11.3 Å². The lowest BCUT2D eigenvalue weighted by Gasteiger charge is -2.26. The predicted octanol–water partition coefficient (Wildman–Crippen LogP) is 2.56. The van der Waals surface area contributed by atoms with E-state index in [2.05, 4.69) is 4.98 Å². The second-order valence-corrected chi connectivity index (χ2v) is 4.23. The summed E-state index contributed by atoms with van der Waals surface area (Å²) in [4.78, 5) is 16.2. The second kappa shape index (κ2) is 4.82. The summed E-state index contributed by atoms with van der Waals surface area (Å²) in [5.41, 5.74) is 1.47. The summed E-state index contributed by atoms with van der Waals surface area (Å²) in [6, 6.07) is -0.518. The average Bonchev–Trinajstić information content (AvgIpc) is 2.63. The number of rotatable bonds is 3. The van der Waals surface area contributed by atoms with Crippen molar-refractivity contribution >= 4 is 17.2 Å². The Morgan fingerprint density at radius 3 is 2.56 bits per heavy atom. The molecule has 90 valence electrons. The standard InChI is InChI=1S/C9H11F3N2OS/c1-6(2)14(4-9(10,11)12)8(15)7-3-16-5-13-7/h3,5-6H,4H2,1-2H3. The van der Waals surface area contributed by atoms with Crippen molar-refractivity contribution in [3.05, 3.63) is 16.6 Å². The molecule has 1 aromatic rings. The largest absolute Gasteiger partial charge is 0.406 e. The van der Waals surface area contributed by atoms with Crippen molar-refractivity contribution < 1.29 is 18.0 Å². The molecule has 7 heteroatoms. The number of hydrogen-bond acceptors (Lipinski definition) is 3. The molecule has 0 atom stereocenters. The van der Waals surface area contributed by atoms with Crippen molar-refractivity contribution in [3.8, 4) is 0 Å². The molecule has 1 heterocycles. The van der Waals surface area contributed by atoms with Gasteiger partial charge in [0.15, 0.2) is 0 Å². The number of alkyl halides is 3. The fraction of sp³-hybridized carbons (Fsp3) is 0.556. The van der Waals surface area contributed by atoms with Crippen LogP contribution in [0.1, 0.15) is 24.3 Å². The average molecular weight is 252 g/mol. The molecule has 0 bridgehead atoms. The molecule has 0 radical (unpaired) electrons. The highest BCUT2D eigenvalue weighted by Gasteiger charge is 2.34. The van der Waals surface area contributed by atoms with Crippen LogP contribution in [-0.4, -0.2) is 34.6 Å². The van der Waals surface area contributed by atoms with Crippen LogP contribution >= 0.6 is 11.3 Å². The molecule has 0 aliphatic rings. The Bertz CT molecular complexity index is 348. The highest BCUT2D eigenvalue weighted by atomic mass is 32.1. The fourth-order valence-electron chi connectivity index (χ4n) is 1.15. The van der Waals surface area contributed by atoms with Crippen LogP contribution in [-0.2, 0) is 0 Å². The van der Waals surface area contributed by atoms with Crippen molar-refractivity contribution in [3.63, 3.8) is 0 Å². The molecule has 3 nitrogen and oxygen atoms in total. The SMILES string of the molecule is CC(C)N(CC(F)(F)F)C(=O)c1cscn1. The first-order valence-corrected chi connectivity index (χ1v) is 5.51. The maximum Gasteiger partial charge on any atom is 0.406 e. The molecule has 0 N–H and O–H groups in total. The first-order valence-electron chi connectivity index (χ1n) is 4.57. The van der Waals surface area contributed by atoms with Gasteiger partial charge in [-0.25, -0.2) is 4.98 Å². The molecule has 0 aromatic carbocycles. The molecule has 0 aliphatic carbocycles. The Morgan fingerprint density at radius 2 is 2.19 bits per heavy atom. The highest BCUT2D eigenvalue weighted by molar-refractivity contribution is 7.07. The molecule has 16 heavy (non-hydrogen) atoms. The van der Waals surface area contributed by atoms with Crippen LogP contribution in [0.15, 0.2) is 10.9 Å². The van der Waals surface area contributed by atoms with Gasteiger partial charge in [0.2, 0.25) is 0 Å². The molecule has 1 rings (SSSR count). The molecule has 0 spiro atoms. The van der Waals surface area contributed by atoms with Gasteiger partial charge in [-0.05, 0) is 13.8 Å². The summed E-state index contributed by atoms with van der Waals surface area (Å²) in [6.45, 7) is 1.83. The van der Waals surface area contributed by atoms with E-state index in [4.69, 9.17) is 0 Å². The van der Waals surface area contributed by atoms with Crippen molar-refractivity contribution in [2.45, 2.75) is 26.1 Å². The smallest absolute Gasteiger partial charge is 0.326 e. The zero-order valence-electron chi connectivity index (χ0n) is 8.78. The first-order chi connectivity index (χ1) is 7.31. The lowest BCUT2D eigenvalue weighted by molar-refractivity contribution is -0.143. The van der Waals surface area contributed by atoms with E-state index >= 15 is 0 Å². The molecular weight excluding hydrogens is 241 g/mol. The molecule has 0 unspecified atom stereocenters. The molecule has 0 saturated carbocycles. The van der Waals surface area contributed by atoms with Gasteiger partial charge in [0.1, 0.15) is 12.2 Å². The highest BCUT2D eigenvalue weighted by Crippen LogP contribution is 2.19. The Kier molecular flexibility index (Phi) is 3.90. The Balaban J connectivity index is 2.83. The molecule has 0 aliphatic heterocycles. The van der Waals surface area contributed by atoms with Crippen molar-refractivity contribution in [2.24, 2.45) is 0 Å². The topological polar surface area (TPSA) is 33.2 Å². The fourth-order valence-corrected chi connectivity index (χ4v) is 1.67. The normalized spacial score (nSPS) is 11.9. The number of amides is 1. The van der Waals surface area contributed by atoms with E-state index in [1.165, 1.54) is 36.1 Å². The third-order valence-electron chi connectivity index (χ3n) is 1.89. The minimum atomic E-state index is -4.39. The molecule has 0 fully saturated rings. The maximum absolute atomic E-state index is 12.3. The van der Waals surface area contributed by atoms with Crippen molar-refractivity contribution in [1.82, 2.24) is 9.88 Å². The van der Waals surface area contributed by atoms with Gasteiger partial charge in [-0.2, -0.15) is 13.2 Å². The van der Waals surface area contributed by atoms with Crippen LogP contribution < -0.4 is 0 Å².